The maximum Gasteiger partial charge on any atom is 0.410 e. The molecule has 7 nitrogen and oxygen atoms in total. The van der Waals surface area contributed by atoms with Crippen molar-refractivity contribution < 1.29 is 23.5 Å². The average molecular weight is 496 g/mol. The van der Waals surface area contributed by atoms with Crippen LogP contribution in [-0.2, 0) is 15.9 Å². The first kappa shape index (κ1) is 24.6. The minimum Gasteiger partial charge on any atom is -0.444 e. The van der Waals surface area contributed by atoms with Crippen LogP contribution in [0.3, 0.4) is 0 Å². The Morgan fingerprint density at radius 3 is 2.47 bits per heavy atom. The lowest BCUT2D eigenvalue weighted by Crippen LogP contribution is -2.56. The number of fused-ring (bicyclic) bond motifs is 1. The summed E-state index contributed by atoms with van der Waals surface area (Å²) in [5.74, 6) is -0.300. The summed E-state index contributed by atoms with van der Waals surface area (Å²) in [7, 11) is 0. The van der Waals surface area contributed by atoms with Crippen molar-refractivity contribution in [2.45, 2.75) is 50.9 Å². The summed E-state index contributed by atoms with van der Waals surface area (Å²) in [6.45, 7) is 8.38. The molecule has 8 heteroatoms. The minimum atomic E-state index is -0.593. The first-order valence-corrected chi connectivity index (χ1v) is 12.6. The molecule has 2 atom stereocenters. The van der Waals surface area contributed by atoms with Gasteiger partial charge in [0.1, 0.15) is 17.0 Å². The zero-order valence-corrected chi connectivity index (χ0v) is 21.2. The summed E-state index contributed by atoms with van der Waals surface area (Å²) in [5.41, 5.74) is 2.00. The van der Waals surface area contributed by atoms with Crippen LogP contribution in [0.2, 0.25) is 0 Å². The monoisotopic (exact) mass is 495 g/mol. The van der Waals surface area contributed by atoms with Gasteiger partial charge in [-0.1, -0.05) is 36.4 Å². The number of rotatable bonds is 1. The van der Waals surface area contributed by atoms with E-state index in [9.17, 15) is 14.0 Å². The summed E-state index contributed by atoms with van der Waals surface area (Å²) in [5, 5.41) is 0. The fraction of sp³-hybridized carbons (Fsp3) is 0.500. The summed E-state index contributed by atoms with van der Waals surface area (Å²) >= 11 is 0. The maximum atomic E-state index is 13.9. The fourth-order valence-electron chi connectivity index (χ4n) is 5.54. The number of carbonyl (C=O) groups is 2. The highest BCUT2D eigenvalue weighted by molar-refractivity contribution is 5.77. The summed E-state index contributed by atoms with van der Waals surface area (Å²) in [6, 6.07) is 14.2. The molecule has 3 aliphatic rings. The van der Waals surface area contributed by atoms with Crippen LogP contribution in [0.15, 0.2) is 48.5 Å². The predicted molar refractivity (Wildman–Crippen MR) is 133 cm³/mol. The third-order valence-corrected chi connectivity index (χ3v) is 7.20. The van der Waals surface area contributed by atoms with Crippen LogP contribution in [0.4, 0.5) is 14.0 Å². The molecule has 3 amide bonds. The molecule has 0 unspecified atom stereocenters. The van der Waals surface area contributed by atoms with E-state index >= 15 is 0 Å². The Balaban J connectivity index is 1.35. The summed E-state index contributed by atoms with van der Waals surface area (Å²) in [6.07, 6.45) is 1.07. The van der Waals surface area contributed by atoms with E-state index in [1.165, 1.54) is 17.7 Å². The van der Waals surface area contributed by atoms with Crippen molar-refractivity contribution in [2.75, 3.05) is 39.3 Å². The number of amides is 3. The Morgan fingerprint density at radius 1 is 1.00 bits per heavy atom. The molecule has 3 heterocycles. The molecule has 2 aromatic rings. The van der Waals surface area contributed by atoms with E-state index in [1.54, 1.807) is 17.0 Å². The second-order valence-corrected chi connectivity index (χ2v) is 11.0. The normalized spacial score (nSPS) is 24.1. The standard InChI is InChI=1S/C28H34FN3O4/c1-27(2,3)36-26(34)31-16-17-35-28(19-31)13-15-30(18-28)25(33)32-14-12-20-6-4-5-7-23(20)24(32)21-8-10-22(29)11-9-21/h4-11,24H,12-19H2,1-3H3/t24-,28+/m0/s1. The number of hydrogen-bond donors (Lipinski definition) is 0. The fourth-order valence-corrected chi connectivity index (χ4v) is 5.54. The van der Waals surface area contributed by atoms with Gasteiger partial charge in [-0.25, -0.2) is 14.0 Å². The highest BCUT2D eigenvalue weighted by Crippen LogP contribution is 2.38. The summed E-state index contributed by atoms with van der Waals surface area (Å²) < 4.78 is 25.4. The van der Waals surface area contributed by atoms with Gasteiger partial charge in [0.15, 0.2) is 0 Å². The van der Waals surface area contributed by atoms with Crippen molar-refractivity contribution in [3.63, 3.8) is 0 Å². The second kappa shape index (κ2) is 9.39. The van der Waals surface area contributed by atoms with Gasteiger partial charge < -0.3 is 24.2 Å². The predicted octanol–water partition coefficient (Wildman–Crippen LogP) is 4.61. The number of benzene rings is 2. The molecule has 0 saturated carbocycles. The first-order valence-electron chi connectivity index (χ1n) is 12.6. The minimum absolute atomic E-state index is 0.0614. The van der Waals surface area contributed by atoms with E-state index in [0.29, 0.717) is 45.8 Å². The highest BCUT2D eigenvalue weighted by Gasteiger charge is 2.47. The van der Waals surface area contributed by atoms with Gasteiger partial charge in [0.05, 0.1) is 25.7 Å². The molecule has 5 rings (SSSR count). The Kier molecular flexibility index (Phi) is 6.41. The number of nitrogens with zero attached hydrogens (tertiary/aromatic N) is 3. The van der Waals surface area contributed by atoms with Gasteiger partial charge in [-0.05, 0) is 62.4 Å². The van der Waals surface area contributed by atoms with E-state index in [1.807, 2.05) is 42.7 Å². The Labute approximate surface area is 211 Å². The van der Waals surface area contributed by atoms with Gasteiger partial charge in [0, 0.05) is 19.6 Å². The van der Waals surface area contributed by atoms with Crippen molar-refractivity contribution in [2.24, 2.45) is 0 Å². The molecule has 3 aliphatic heterocycles. The SMILES string of the molecule is CC(C)(C)OC(=O)N1CCO[C@@]2(CCN(C(=O)N3CCc4ccccc4[C@@H]3c3ccc(F)cc3)C2)C1. The quantitative estimate of drug-likeness (QED) is 0.580. The molecule has 0 aliphatic carbocycles. The number of ether oxygens (including phenoxy) is 2. The van der Waals surface area contributed by atoms with Crippen molar-refractivity contribution in [3.05, 3.63) is 71.0 Å². The van der Waals surface area contributed by atoms with E-state index in [4.69, 9.17) is 9.47 Å². The van der Waals surface area contributed by atoms with Crippen LogP contribution >= 0.6 is 0 Å². The smallest absolute Gasteiger partial charge is 0.410 e. The number of urea groups is 1. The third kappa shape index (κ3) is 4.91. The number of hydrogen-bond acceptors (Lipinski definition) is 4. The molecule has 1 spiro atoms. The molecule has 192 valence electrons. The van der Waals surface area contributed by atoms with Gasteiger partial charge in [0.2, 0.25) is 0 Å². The molecular formula is C28H34FN3O4. The molecule has 0 N–H and O–H groups in total. The van der Waals surface area contributed by atoms with Crippen LogP contribution in [0.1, 0.15) is 49.9 Å². The van der Waals surface area contributed by atoms with Crippen LogP contribution in [-0.4, -0.2) is 77.4 Å². The molecule has 0 bridgehead atoms. The van der Waals surface area contributed by atoms with Gasteiger partial charge in [-0.3, -0.25) is 0 Å². The lowest BCUT2D eigenvalue weighted by atomic mass is 9.88. The second-order valence-electron chi connectivity index (χ2n) is 11.0. The highest BCUT2D eigenvalue weighted by atomic mass is 19.1. The van der Waals surface area contributed by atoms with Crippen LogP contribution < -0.4 is 0 Å². The maximum absolute atomic E-state index is 13.9. The van der Waals surface area contributed by atoms with Crippen LogP contribution in [0.5, 0.6) is 0 Å². The van der Waals surface area contributed by atoms with Crippen LogP contribution in [0.25, 0.3) is 0 Å². The molecule has 2 aromatic carbocycles. The first-order chi connectivity index (χ1) is 17.1. The number of morpholine rings is 1. The zero-order valence-electron chi connectivity index (χ0n) is 21.2. The lowest BCUT2D eigenvalue weighted by molar-refractivity contribution is -0.100. The van der Waals surface area contributed by atoms with Crippen molar-refractivity contribution in [1.29, 1.82) is 0 Å². The van der Waals surface area contributed by atoms with Crippen molar-refractivity contribution >= 4 is 12.1 Å². The van der Waals surface area contributed by atoms with Gasteiger partial charge >= 0.3 is 12.1 Å². The third-order valence-electron chi connectivity index (χ3n) is 7.20. The Morgan fingerprint density at radius 2 is 1.72 bits per heavy atom. The average Bonchev–Trinajstić information content (AvgIpc) is 3.25. The van der Waals surface area contributed by atoms with E-state index in [2.05, 4.69) is 12.1 Å². The van der Waals surface area contributed by atoms with Gasteiger partial charge in [-0.2, -0.15) is 0 Å². The van der Waals surface area contributed by atoms with E-state index in [-0.39, 0.29) is 24.0 Å². The van der Waals surface area contributed by atoms with Gasteiger partial charge in [0.25, 0.3) is 0 Å². The number of carbonyl (C=O) groups excluding carboxylic acids is 2. The largest absolute Gasteiger partial charge is 0.444 e. The topological polar surface area (TPSA) is 62.3 Å². The molecule has 0 aromatic heterocycles. The molecule has 2 fully saturated rings. The van der Waals surface area contributed by atoms with E-state index < -0.39 is 11.2 Å². The zero-order chi connectivity index (χ0) is 25.5. The van der Waals surface area contributed by atoms with Crippen LogP contribution in [0, 0.1) is 5.82 Å². The lowest BCUT2D eigenvalue weighted by Gasteiger charge is -2.42. The molecule has 36 heavy (non-hydrogen) atoms. The van der Waals surface area contributed by atoms with E-state index in [0.717, 1.165) is 17.5 Å². The Hall–Kier alpha value is -3.13. The van der Waals surface area contributed by atoms with Gasteiger partial charge in [-0.15, -0.1) is 0 Å². The molecule has 2 saturated heterocycles. The number of likely N-dealkylation sites (tertiary alicyclic amines) is 1. The molecule has 0 radical (unpaired) electrons. The van der Waals surface area contributed by atoms with Crippen molar-refractivity contribution in [3.8, 4) is 0 Å². The number of halogens is 1. The van der Waals surface area contributed by atoms with Crippen molar-refractivity contribution in [1.82, 2.24) is 14.7 Å². The summed E-state index contributed by atoms with van der Waals surface area (Å²) in [4.78, 5) is 32.0. The Bertz CT molecular complexity index is 1130. The molecular weight excluding hydrogens is 461 g/mol.